The summed E-state index contributed by atoms with van der Waals surface area (Å²) < 4.78 is 12.7. The first-order chi connectivity index (χ1) is 9.56. The van der Waals surface area contributed by atoms with Gasteiger partial charge in [-0.3, -0.25) is 4.79 Å². The molecule has 3 heteroatoms. The van der Waals surface area contributed by atoms with Crippen molar-refractivity contribution in [3.05, 3.63) is 77.2 Å². The normalized spacial score (nSPS) is 10.8. The predicted octanol–water partition coefficient (Wildman–Crippen LogP) is 4.25. The number of halogens is 1. The van der Waals surface area contributed by atoms with Crippen LogP contribution in [0.2, 0.25) is 0 Å². The van der Waals surface area contributed by atoms with E-state index in [1.807, 2.05) is 32.0 Å². The molecule has 1 N–H and O–H groups in total. The Hall–Kier alpha value is -2.42. The maximum Gasteiger partial charge on any atom is 0.187 e. The molecule has 0 saturated heterocycles. The Kier molecular flexibility index (Phi) is 4.31. The minimum absolute atomic E-state index is 0.0548. The van der Waals surface area contributed by atoms with Crippen LogP contribution in [0.5, 0.6) is 0 Å². The molecule has 0 bridgehead atoms. The van der Waals surface area contributed by atoms with Gasteiger partial charge < -0.3 is 5.32 Å². The Morgan fingerprint density at radius 3 is 2.50 bits per heavy atom. The number of rotatable bonds is 4. The SMILES string of the molecule is Cc1ccc(C)c(C(=O)/C=C/Nc2ccc(F)cc2)c1. The zero-order chi connectivity index (χ0) is 14.5. The number of anilines is 1. The standard InChI is InChI=1S/C17H16FNO/c1-12-3-4-13(2)16(11-12)17(20)9-10-19-15-7-5-14(18)6-8-15/h3-11,19H,1-2H3/b10-9+. The first-order valence-corrected chi connectivity index (χ1v) is 6.36. The van der Waals surface area contributed by atoms with E-state index in [0.717, 1.165) is 16.8 Å². The third kappa shape index (κ3) is 3.54. The number of allylic oxidation sites excluding steroid dienone is 1. The van der Waals surface area contributed by atoms with E-state index in [-0.39, 0.29) is 11.6 Å². The van der Waals surface area contributed by atoms with Gasteiger partial charge in [-0.15, -0.1) is 0 Å². The molecule has 0 heterocycles. The molecular formula is C17H16FNO. The van der Waals surface area contributed by atoms with Crippen molar-refractivity contribution in [1.82, 2.24) is 0 Å². The van der Waals surface area contributed by atoms with Crippen LogP contribution in [0.3, 0.4) is 0 Å². The van der Waals surface area contributed by atoms with E-state index in [0.29, 0.717) is 5.56 Å². The lowest BCUT2D eigenvalue weighted by molar-refractivity contribution is 0.104. The topological polar surface area (TPSA) is 29.1 Å². The zero-order valence-corrected chi connectivity index (χ0v) is 11.5. The highest BCUT2D eigenvalue weighted by atomic mass is 19.1. The van der Waals surface area contributed by atoms with Crippen LogP contribution in [-0.2, 0) is 0 Å². The maximum absolute atomic E-state index is 12.7. The van der Waals surface area contributed by atoms with Gasteiger partial charge in [0, 0.05) is 23.5 Å². The van der Waals surface area contributed by atoms with Gasteiger partial charge in [0.05, 0.1) is 0 Å². The monoisotopic (exact) mass is 269 g/mol. The molecule has 2 rings (SSSR count). The molecule has 0 spiro atoms. The molecule has 20 heavy (non-hydrogen) atoms. The van der Waals surface area contributed by atoms with Crippen molar-refractivity contribution < 1.29 is 9.18 Å². The summed E-state index contributed by atoms with van der Waals surface area (Å²) in [6, 6.07) is 11.7. The molecule has 0 unspecified atom stereocenters. The van der Waals surface area contributed by atoms with Crippen LogP contribution in [0.4, 0.5) is 10.1 Å². The maximum atomic E-state index is 12.7. The van der Waals surface area contributed by atoms with Crippen LogP contribution < -0.4 is 5.32 Å². The second-order valence-electron chi connectivity index (χ2n) is 4.67. The minimum atomic E-state index is -0.286. The smallest absolute Gasteiger partial charge is 0.187 e. The van der Waals surface area contributed by atoms with E-state index < -0.39 is 0 Å². The van der Waals surface area contributed by atoms with Crippen LogP contribution in [0.1, 0.15) is 21.5 Å². The van der Waals surface area contributed by atoms with E-state index in [1.165, 1.54) is 18.2 Å². The molecular weight excluding hydrogens is 253 g/mol. The molecule has 0 aliphatic carbocycles. The van der Waals surface area contributed by atoms with Crippen molar-refractivity contribution in [3.8, 4) is 0 Å². The summed E-state index contributed by atoms with van der Waals surface area (Å²) in [5, 5.41) is 2.94. The molecule has 2 nitrogen and oxygen atoms in total. The Morgan fingerprint density at radius 1 is 1.10 bits per heavy atom. The largest absolute Gasteiger partial charge is 0.362 e. The summed E-state index contributed by atoms with van der Waals surface area (Å²) in [5.74, 6) is -0.341. The van der Waals surface area contributed by atoms with E-state index in [9.17, 15) is 9.18 Å². The molecule has 2 aromatic carbocycles. The molecule has 0 saturated carbocycles. The summed E-state index contributed by atoms with van der Waals surface area (Å²) in [7, 11) is 0. The van der Waals surface area contributed by atoms with Crippen molar-refractivity contribution in [3.63, 3.8) is 0 Å². The van der Waals surface area contributed by atoms with Crippen LogP contribution >= 0.6 is 0 Å². The lowest BCUT2D eigenvalue weighted by atomic mass is 10.0. The van der Waals surface area contributed by atoms with Gasteiger partial charge in [-0.25, -0.2) is 4.39 Å². The van der Waals surface area contributed by atoms with Gasteiger partial charge in [0.2, 0.25) is 0 Å². The molecule has 0 radical (unpaired) electrons. The van der Waals surface area contributed by atoms with Crippen LogP contribution in [0.25, 0.3) is 0 Å². The lowest BCUT2D eigenvalue weighted by Crippen LogP contribution is -1.99. The Bertz CT molecular complexity index is 645. The fourth-order valence-electron chi connectivity index (χ4n) is 1.85. The van der Waals surface area contributed by atoms with Crippen molar-refractivity contribution in [2.24, 2.45) is 0 Å². The first-order valence-electron chi connectivity index (χ1n) is 6.36. The van der Waals surface area contributed by atoms with E-state index >= 15 is 0 Å². The predicted molar refractivity (Wildman–Crippen MR) is 79.4 cm³/mol. The molecule has 0 amide bonds. The number of hydrogen-bond acceptors (Lipinski definition) is 2. The second-order valence-corrected chi connectivity index (χ2v) is 4.67. The quantitative estimate of drug-likeness (QED) is 0.664. The van der Waals surface area contributed by atoms with E-state index in [1.54, 1.807) is 18.3 Å². The third-order valence-electron chi connectivity index (χ3n) is 2.99. The van der Waals surface area contributed by atoms with Gasteiger partial charge in [0.15, 0.2) is 5.78 Å². The Balaban J connectivity index is 2.05. The van der Waals surface area contributed by atoms with E-state index in [4.69, 9.17) is 0 Å². The van der Waals surface area contributed by atoms with Gasteiger partial charge in [-0.05, 0) is 49.7 Å². The summed E-state index contributed by atoms with van der Waals surface area (Å²) >= 11 is 0. The summed E-state index contributed by atoms with van der Waals surface area (Å²) in [6.45, 7) is 3.87. The highest BCUT2D eigenvalue weighted by Crippen LogP contribution is 2.12. The van der Waals surface area contributed by atoms with Crippen LogP contribution in [-0.4, -0.2) is 5.78 Å². The molecule has 0 aliphatic heterocycles. The summed E-state index contributed by atoms with van der Waals surface area (Å²) in [4.78, 5) is 12.1. The van der Waals surface area contributed by atoms with Gasteiger partial charge in [0.25, 0.3) is 0 Å². The third-order valence-corrected chi connectivity index (χ3v) is 2.99. The first kappa shape index (κ1) is 14.0. The fourth-order valence-corrected chi connectivity index (χ4v) is 1.85. The Labute approximate surface area is 118 Å². The van der Waals surface area contributed by atoms with Crippen LogP contribution in [0.15, 0.2) is 54.7 Å². The zero-order valence-electron chi connectivity index (χ0n) is 11.5. The summed E-state index contributed by atoms with van der Waals surface area (Å²) in [6.07, 6.45) is 3.04. The minimum Gasteiger partial charge on any atom is -0.362 e. The summed E-state index contributed by atoms with van der Waals surface area (Å²) in [5.41, 5.74) is 3.43. The number of carbonyl (C=O) groups is 1. The number of carbonyl (C=O) groups excluding carboxylic acids is 1. The molecule has 0 aromatic heterocycles. The number of ketones is 1. The van der Waals surface area contributed by atoms with Crippen molar-refractivity contribution in [2.45, 2.75) is 13.8 Å². The van der Waals surface area contributed by atoms with E-state index in [2.05, 4.69) is 5.32 Å². The average molecular weight is 269 g/mol. The molecule has 102 valence electrons. The van der Waals surface area contributed by atoms with Gasteiger partial charge in [-0.2, -0.15) is 0 Å². The van der Waals surface area contributed by atoms with Crippen molar-refractivity contribution in [2.75, 3.05) is 5.32 Å². The molecule has 0 atom stereocenters. The van der Waals surface area contributed by atoms with Crippen molar-refractivity contribution >= 4 is 11.5 Å². The highest BCUT2D eigenvalue weighted by molar-refractivity contribution is 6.05. The van der Waals surface area contributed by atoms with Crippen LogP contribution in [0, 0.1) is 19.7 Å². The second kappa shape index (κ2) is 6.15. The van der Waals surface area contributed by atoms with Gasteiger partial charge in [0.1, 0.15) is 5.82 Å². The van der Waals surface area contributed by atoms with Gasteiger partial charge in [-0.1, -0.05) is 17.7 Å². The highest BCUT2D eigenvalue weighted by Gasteiger charge is 2.05. The molecule has 0 aliphatic rings. The number of benzene rings is 2. The Morgan fingerprint density at radius 2 is 1.80 bits per heavy atom. The number of hydrogen-bond donors (Lipinski definition) is 1. The van der Waals surface area contributed by atoms with Crippen molar-refractivity contribution in [1.29, 1.82) is 0 Å². The molecule has 0 fully saturated rings. The lowest BCUT2D eigenvalue weighted by Gasteiger charge is -2.03. The number of nitrogens with one attached hydrogen (secondary N) is 1. The van der Waals surface area contributed by atoms with Gasteiger partial charge >= 0.3 is 0 Å². The molecule has 2 aromatic rings. The average Bonchev–Trinajstić information content (AvgIpc) is 2.43. The fraction of sp³-hybridized carbons (Fsp3) is 0.118. The number of aryl methyl sites for hydroxylation is 2.